The quantitative estimate of drug-likeness (QED) is 0.792. The monoisotopic (exact) mass is 280 g/mol. The Bertz CT molecular complexity index is 468. The van der Waals surface area contributed by atoms with Gasteiger partial charge in [0.15, 0.2) is 0 Å². The summed E-state index contributed by atoms with van der Waals surface area (Å²) in [6.07, 6.45) is 2.02. The van der Waals surface area contributed by atoms with E-state index in [2.05, 4.69) is 32.2 Å². The summed E-state index contributed by atoms with van der Waals surface area (Å²) in [5.41, 5.74) is 1.88. The van der Waals surface area contributed by atoms with Crippen LogP contribution < -0.4 is 10.2 Å². The fraction of sp³-hybridized carbons (Fsp3) is 0.417. The zero-order valence-corrected chi connectivity index (χ0v) is 10.7. The Hall–Kier alpha value is -1.03. The van der Waals surface area contributed by atoms with E-state index in [9.17, 15) is 4.79 Å². The average molecular weight is 281 g/mol. The van der Waals surface area contributed by atoms with Crippen LogP contribution in [-0.2, 0) is 4.79 Å². The lowest BCUT2D eigenvalue weighted by Gasteiger charge is -2.21. The molecule has 16 heavy (non-hydrogen) atoms. The Balaban J connectivity index is 2.06. The van der Waals surface area contributed by atoms with Gasteiger partial charge in [0.25, 0.3) is 0 Å². The minimum absolute atomic E-state index is 0.125. The lowest BCUT2D eigenvalue weighted by molar-refractivity contribution is -0.120. The molecule has 1 aromatic rings. The summed E-state index contributed by atoms with van der Waals surface area (Å²) in [5, 5.41) is 3.03. The van der Waals surface area contributed by atoms with Crippen LogP contribution in [-0.4, -0.2) is 19.5 Å². The van der Waals surface area contributed by atoms with Crippen LogP contribution >= 0.6 is 15.9 Å². The van der Waals surface area contributed by atoms with E-state index in [-0.39, 0.29) is 11.3 Å². The molecule has 1 aromatic carbocycles. The predicted octanol–water partition coefficient (Wildman–Crippen LogP) is 2.62. The van der Waals surface area contributed by atoms with Gasteiger partial charge >= 0.3 is 0 Å². The van der Waals surface area contributed by atoms with Gasteiger partial charge in [0.2, 0.25) is 5.91 Å². The van der Waals surface area contributed by atoms with Crippen LogP contribution in [0.2, 0.25) is 0 Å². The van der Waals surface area contributed by atoms with Gasteiger partial charge in [-0.05, 0) is 31.0 Å². The average Bonchev–Trinajstić information content (AvgIpc) is 3.01. The maximum atomic E-state index is 12.0. The predicted molar refractivity (Wildman–Crippen MR) is 67.7 cm³/mol. The van der Waals surface area contributed by atoms with Crippen molar-refractivity contribution in [3.8, 4) is 0 Å². The van der Waals surface area contributed by atoms with E-state index in [1.54, 1.807) is 0 Å². The molecular weight excluding hydrogens is 268 g/mol. The first-order chi connectivity index (χ1) is 7.61. The van der Waals surface area contributed by atoms with E-state index in [0.29, 0.717) is 0 Å². The number of carbonyl (C=O) groups excluding carboxylic acids is 1. The smallest absolute Gasteiger partial charge is 0.232 e. The number of benzene rings is 1. The second kappa shape index (κ2) is 3.23. The molecule has 1 aliphatic carbocycles. The summed E-state index contributed by atoms with van der Waals surface area (Å²) in [4.78, 5) is 14.2. The molecule has 1 spiro atoms. The van der Waals surface area contributed by atoms with Crippen LogP contribution in [0.4, 0.5) is 11.4 Å². The van der Waals surface area contributed by atoms with Crippen molar-refractivity contribution in [1.82, 2.24) is 0 Å². The summed E-state index contributed by atoms with van der Waals surface area (Å²) < 4.78 is 1.04. The summed E-state index contributed by atoms with van der Waals surface area (Å²) >= 11 is 3.46. The van der Waals surface area contributed by atoms with Crippen molar-refractivity contribution in [3.05, 3.63) is 22.7 Å². The summed E-state index contributed by atoms with van der Waals surface area (Å²) in [5.74, 6) is 0.181. The third kappa shape index (κ3) is 1.44. The molecule has 4 heteroatoms. The first kappa shape index (κ1) is 10.1. The van der Waals surface area contributed by atoms with Crippen molar-refractivity contribution < 1.29 is 4.79 Å². The van der Waals surface area contributed by atoms with E-state index in [1.165, 1.54) is 0 Å². The van der Waals surface area contributed by atoms with Crippen LogP contribution in [0.5, 0.6) is 0 Å². The third-order valence-electron chi connectivity index (χ3n) is 3.49. The first-order valence-corrected chi connectivity index (χ1v) is 6.22. The number of fused-ring (bicyclic) bond motifs is 1. The Kier molecular flexibility index (Phi) is 2.05. The Labute approximate surface area is 103 Å². The highest BCUT2D eigenvalue weighted by molar-refractivity contribution is 9.10. The standard InChI is InChI=1S/C12H13BrN2O/c1-15-7-12(4-5-12)11(16)14-9-3-2-8(13)6-10(9)15/h2-3,6H,4-5,7H2,1H3,(H,14,16). The van der Waals surface area contributed by atoms with Gasteiger partial charge in [-0.1, -0.05) is 15.9 Å². The Morgan fingerprint density at radius 1 is 1.44 bits per heavy atom. The van der Waals surface area contributed by atoms with Crippen LogP contribution in [0.25, 0.3) is 0 Å². The minimum Gasteiger partial charge on any atom is -0.372 e. The number of hydrogen-bond donors (Lipinski definition) is 1. The summed E-state index contributed by atoms with van der Waals surface area (Å²) in [6, 6.07) is 5.96. The van der Waals surface area contributed by atoms with E-state index in [1.807, 2.05) is 19.2 Å². The molecular formula is C12H13BrN2O. The van der Waals surface area contributed by atoms with Crippen molar-refractivity contribution in [1.29, 1.82) is 0 Å². The zero-order chi connectivity index (χ0) is 11.3. The SMILES string of the molecule is CN1CC2(CC2)C(=O)Nc2ccc(Br)cc21. The molecule has 0 atom stereocenters. The number of nitrogens with zero attached hydrogens (tertiary/aromatic N) is 1. The van der Waals surface area contributed by atoms with E-state index >= 15 is 0 Å². The van der Waals surface area contributed by atoms with Crippen LogP contribution in [0.15, 0.2) is 22.7 Å². The van der Waals surface area contributed by atoms with Gasteiger partial charge < -0.3 is 10.2 Å². The molecule has 3 nitrogen and oxygen atoms in total. The van der Waals surface area contributed by atoms with Gasteiger partial charge in [0.1, 0.15) is 0 Å². The van der Waals surface area contributed by atoms with Crippen molar-refractivity contribution in [2.75, 3.05) is 23.8 Å². The summed E-state index contributed by atoms with van der Waals surface area (Å²) in [7, 11) is 2.05. The molecule has 2 aliphatic rings. The van der Waals surface area contributed by atoms with Crippen molar-refractivity contribution in [3.63, 3.8) is 0 Å². The van der Waals surface area contributed by atoms with Crippen molar-refractivity contribution >= 4 is 33.2 Å². The fourth-order valence-corrected chi connectivity index (χ4v) is 2.68. The maximum absolute atomic E-state index is 12.0. The largest absolute Gasteiger partial charge is 0.372 e. The van der Waals surface area contributed by atoms with Crippen molar-refractivity contribution in [2.24, 2.45) is 5.41 Å². The van der Waals surface area contributed by atoms with E-state index in [4.69, 9.17) is 0 Å². The van der Waals surface area contributed by atoms with Crippen LogP contribution in [0.3, 0.4) is 0 Å². The third-order valence-corrected chi connectivity index (χ3v) is 3.99. The molecule has 1 fully saturated rings. The second-order valence-corrected chi connectivity index (χ2v) is 5.67. The lowest BCUT2D eigenvalue weighted by Crippen LogP contribution is -2.31. The highest BCUT2D eigenvalue weighted by Crippen LogP contribution is 2.50. The van der Waals surface area contributed by atoms with Crippen LogP contribution in [0, 0.1) is 5.41 Å². The van der Waals surface area contributed by atoms with Gasteiger partial charge in [0, 0.05) is 18.1 Å². The molecule has 0 aromatic heterocycles. The number of hydrogen-bond acceptors (Lipinski definition) is 2. The molecule has 84 valence electrons. The van der Waals surface area contributed by atoms with Crippen LogP contribution in [0.1, 0.15) is 12.8 Å². The topological polar surface area (TPSA) is 32.3 Å². The molecule has 1 aliphatic heterocycles. The maximum Gasteiger partial charge on any atom is 0.232 e. The molecule has 0 radical (unpaired) electrons. The normalized spacial score (nSPS) is 21.4. The number of anilines is 2. The Morgan fingerprint density at radius 3 is 2.88 bits per heavy atom. The molecule has 1 heterocycles. The van der Waals surface area contributed by atoms with Gasteiger partial charge in [-0.2, -0.15) is 0 Å². The molecule has 1 saturated carbocycles. The molecule has 1 amide bonds. The number of nitrogens with one attached hydrogen (secondary N) is 1. The van der Waals surface area contributed by atoms with Gasteiger partial charge in [0.05, 0.1) is 16.8 Å². The zero-order valence-electron chi connectivity index (χ0n) is 9.09. The molecule has 3 rings (SSSR count). The minimum atomic E-state index is -0.125. The number of amides is 1. The van der Waals surface area contributed by atoms with Crippen molar-refractivity contribution in [2.45, 2.75) is 12.8 Å². The molecule has 0 bridgehead atoms. The van der Waals surface area contributed by atoms with Gasteiger partial charge in [-0.25, -0.2) is 0 Å². The first-order valence-electron chi connectivity index (χ1n) is 5.43. The Morgan fingerprint density at radius 2 is 2.19 bits per heavy atom. The molecule has 0 unspecified atom stereocenters. The molecule has 0 saturated heterocycles. The highest BCUT2D eigenvalue weighted by Gasteiger charge is 2.51. The highest BCUT2D eigenvalue weighted by atomic mass is 79.9. The van der Waals surface area contributed by atoms with Gasteiger partial charge in [-0.3, -0.25) is 4.79 Å². The fourth-order valence-electron chi connectivity index (χ4n) is 2.33. The molecule has 1 N–H and O–H groups in total. The lowest BCUT2D eigenvalue weighted by atomic mass is 10.1. The second-order valence-electron chi connectivity index (χ2n) is 4.75. The van der Waals surface area contributed by atoms with Gasteiger partial charge in [-0.15, -0.1) is 0 Å². The summed E-state index contributed by atoms with van der Waals surface area (Å²) in [6.45, 7) is 0.822. The van der Waals surface area contributed by atoms with E-state index in [0.717, 1.165) is 35.2 Å². The number of carbonyl (C=O) groups is 1. The van der Waals surface area contributed by atoms with E-state index < -0.39 is 0 Å². The number of rotatable bonds is 0. The number of halogens is 1.